The van der Waals surface area contributed by atoms with Gasteiger partial charge in [-0.15, -0.1) is 0 Å². The smallest absolute Gasteiger partial charge is 0.104 e. The molecule has 0 aliphatic carbocycles. The third kappa shape index (κ3) is 0.916. The molecule has 2 nitrogen and oxygen atoms in total. The highest BCUT2D eigenvalue weighted by Gasteiger charge is 1.93. The molecule has 0 aliphatic heterocycles. The predicted octanol–water partition coefficient (Wildman–Crippen LogP) is 1.49. The first kappa shape index (κ1) is 3.01. The summed E-state index contributed by atoms with van der Waals surface area (Å²) in [4.78, 5) is 0. The van der Waals surface area contributed by atoms with Crippen LogP contribution < -0.4 is 0 Å². The molecule has 0 fully saturated rings. The van der Waals surface area contributed by atoms with E-state index in [4.69, 9.17) is 4.11 Å². The summed E-state index contributed by atoms with van der Waals surface area (Å²) in [5, 5.41) is 3.79. The summed E-state index contributed by atoms with van der Waals surface area (Å²) in [5.74, 6) is 0. The highest BCUT2D eigenvalue weighted by molar-refractivity contribution is 9.10. The quantitative estimate of drug-likeness (QED) is 0.588. The average Bonchev–Trinajstić information content (AvgIpc) is 2.08. The summed E-state index contributed by atoms with van der Waals surface area (Å²) in [5.41, 5.74) is 0.688. The lowest BCUT2D eigenvalue weighted by molar-refractivity contribution is 0.740. The molecule has 0 aromatic carbocycles. The lowest BCUT2D eigenvalue weighted by atomic mass is 10.5. The fourth-order valence-corrected chi connectivity index (χ4v) is 0.878. The molecule has 0 radical (unpaired) electrons. The number of hydrogen-bond acceptors (Lipinski definition) is 1. The van der Waals surface area contributed by atoms with E-state index < -0.39 is 6.98 Å². The first-order valence-electron chi connectivity index (χ1n) is 3.64. The van der Waals surface area contributed by atoms with Crippen LogP contribution in [-0.4, -0.2) is 9.78 Å². The number of rotatable bonds is 0. The second-order valence-electron chi connectivity index (χ2n) is 1.52. The topological polar surface area (TPSA) is 17.8 Å². The van der Waals surface area contributed by atoms with Gasteiger partial charge in [-0.3, -0.25) is 4.68 Å². The predicted molar refractivity (Wildman–Crippen MR) is 35.6 cm³/mol. The van der Waals surface area contributed by atoms with Gasteiger partial charge in [-0.05, 0) is 28.9 Å². The Morgan fingerprint density at radius 2 is 2.75 bits per heavy atom. The van der Waals surface area contributed by atoms with Gasteiger partial charge in [-0.1, -0.05) is 0 Å². The largest absolute Gasteiger partial charge is 0.261 e. The minimum Gasteiger partial charge on any atom is -0.261 e. The van der Waals surface area contributed by atoms with Crippen molar-refractivity contribution in [2.75, 3.05) is 0 Å². The Labute approximate surface area is 60.9 Å². The molecular formula is C5H7BrN2. The van der Waals surface area contributed by atoms with Crippen molar-refractivity contribution >= 4 is 15.9 Å². The van der Waals surface area contributed by atoms with E-state index in [-0.39, 0.29) is 0 Å². The van der Waals surface area contributed by atoms with E-state index in [0.717, 1.165) is 4.68 Å². The van der Waals surface area contributed by atoms with Gasteiger partial charge in [-0.2, -0.15) is 5.10 Å². The van der Waals surface area contributed by atoms with Gasteiger partial charge in [-0.25, -0.2) is 0 Å². The molecular weight excluding hydrogens is 168 g/mol. The zero-order valence-corrected chi connectivity index (χ0v) is 5.94. The fourth-order valence-electron chi connectivity index (χ4n) is 0.468. The molecule has 3 heteroatoms. The summed E-state index contributed by atoms with van der Waals surface area (Å²) in [6.45, 7) is -0.444. The highest BCUT2D eigenvalue weighted by atomic mass is 79.9. The summed E-state index contributed by atoms with van der Waals surface area (Å²) in [6, 6.07) is 1.66. The minimum atomic E-state index is -2.19. The zero-order chi connectivity index (χ0) is 8.65. The first-order chi connectivity index (χ1) is 4.91. The third-order valence-corrected chi connectivity index (χ3v) is 1.35. The van der Waals surface area contributed by atoms with Crippen molar-refractivity contribution in [1.82, 2.24) is 9.78 Å². The van der Waals surface area contributed by atoms with Crippen molar-refractivity contribution in [1.29, 1.82) is 0 Å². The summed E-state index contributed by atoms with van der Waals surface area (Å²) >= 11 is 3.09. The number of hydrogen-bond donors (Lipinski definition) is 0. The summed E-state index contributed by atoms with van der Waals surface area (Å²) in [6.07, 6.45) is 0. The Hall–Kier alpha value is -0.310. The van der Waals surface area contributed by atoms with Gasteiger partial charge in [0.1, 0.15) is 4.60 Å². The second kappa shape index (κ2) is 1.90. The molecule has 1 aromatic rings. The average molecular weight is 178 g/mol. The lowest BCUT2D eigenvalue weighted by Gasteiger charge is -1.85. The zero-order valence-electron chi connectivity index (χ0n) is 7.35. The Morgan fingerprint density at radius 3 is 3.00 bits per heavy atom. The Kier molecular flexibility index (Phi) is 0.714. The Balaban J connectivity index is 3.13. The number of aryl methyl sites for hydroxylation is 2. The van der Waals surface area contributed by atoms with Gasteiger partial charge in [0.25, 0.3) is 0 Å². The molecule has 1 aromatic heterocycles. The number of halogens is 1. The Morgan fingerprint density at radius 1 is 2.00 bits per heavy atom. The molecule has 1 heterocycles. The van der Waals surface area contributed by atoms with Crippen molar-refractivity contribution in [3.05, 3.63) is 16.4 Å². The maximum absolute atomic E-state index is 7.03. The minimum absolute atomic E-state index is 0.481. The molecule has 8 heavy (non-hydrogen) atoms. The molecule has 0 amide bonds. The summed E-state index contributed by atoms with van der Waals surface area (Å²) in [7, 11) is 0. The van der Waals surface area contributed by atoms with Gasteiger partial charge >= 0.3 is 0 Å². The van der Waals surface area contributed by atoms with E-state index in [2.05, 4.69) is 21.0 Å². The monoisotopic (exact) mass is 177 g/mol. The molecule has 0 aliphatic rings. The van der Waals surface area contributed by atoms with Crippen molar-refractivity contribution < 1.29 is 4.11 Å². The maximum atomic E-state index is 7.03. The third-order valence-electron chi connectivity index (χ3n) is 0.788. The van der Waals surface area contributed by atoms with Crippen molar-refractivity contribution in [3.8, 4) is 0 Å². The van der Waals surface area contributed by atoms with E-state index in [0.29, 0.717) is 10.3 Å². The van der Waals surface area contributed by atoms with Gasteiger partial charge in [0, 0.05) is 11.1 Å². The molecule has 0 spiro atoms. The van der Waals surface area contributed by atoms with Crippen molar-refractivity contribution in [2.24, 2.45) is 6.98 Å². The van der Waals surface area contributed by atoms with Crippen LogP contribution in [0.5, 0.6) is 0 Å². The normalized spacial score (nSPS) is 17.0. The Bertz CT molecular complexity index is 265. The van der Waals surface area contributed by atoms with Crippen LogP contribution >= 0.6 is 15.9 Å². The van der Waals surface area contributed by atoms with Crippen LogP contribution in [0.3, 0.4) is 0 Å². The SMILES string of the molecule is [2H]C([2H])([2H])n1nc(C)cc1Br. The van der Waals surface area contributed by atoms with Crippen molar-refractivity contribution in [3.63, 3.8) is 0 Å². The van der Waals surface area contributed by atoms with Crippen LogP contribution in [0.4, 0.5) is 0 Å². The van der Waals surface area contributed by atoms with Crippen molar-refractivity contribution in [2.45, 2.75) is 6.92 Å². The molecule has 0 saturated carbocycles. The van der Waals surface area contributed by atoms with E-state index in [9.17, 15) is 0 Å². The van der Waals surface area contributed by atoms with Gasteiger partial charge in [0.05, 0.1) is 5.69 Å². The van der Waals surface area contributed by atoms with E-state index in [1.807, 2.05) is 0 Å². The molecule has 1 rings (SSSR count). The molecule has 0 unspecified atom stereocenters. The maximum Gasteiger partial charge on any atom is 0.104 e. The number of aromatic nitrogens is 2. The highest BCUT2D eigenvalue weighted by Crippen LogP contribution is 2.08. The molecule has 44 valence electrons. The molecule has 0 saturated heterocycles. The van der Waals surface area contributed by atoms with Crippen LogP contribution in [0, 0.1) is 6.92 Å². The summed E-state index contributed by atoms with van der Waals surface area (Å²) < 4.78 is 22.5. The van der Waals surface area contributed by atoms with Crippen LogP contribution in [0.15, 0.2) is 10.7 Å². The van der Waals surface area contributed by atoms with Gasteiger partial charge in [0.15, 0.2) is 0 Å². The fraction of sp³-hybridized carbons (Fsp3) is 0.400. The van der Waals surface area contributed by atoms with E-state index >= 15 is 0 Å². The van der Waals surface area contributed by atoms with Crippen LogP contribution in [-0.2, 0) is 6.98 Å². The standard InChI is InChI=1S/C5H7BrN2/c1-4-3-5(6)8(2)7-4/h3H,1-2H3/i2D3. The van der Waals surface area contributed by atoms with Gasteiger partial charge in [0.2, 0.25) is 0 Å². The molecule has 0 N–H and O–H groups in total. The number of nitrogens with zero attached hydrogens (tertiary/aromatic N) is 2. The first-order valence-corrected chi connectivity index (χ1v) is 2.93. The second-order valence-corrected chi connectivity index (χ2v) is 2.33. The van der Waals surface area contributed by atoms with Gasteiger partial charge < -0.3 is 0 Å². The molecule has 0 bridgehead atoms. The van der Waals surface area contributed by atoms with E-state index in [1.54, 1.807) is 13.0 Å². The van der Waals surface area contributed by atoms with Crippen LogP contribution in [0.1, 0.15) is 9.81 Å². The van der Waals surface area contributed by atoms with E-state index in [1.165, 1.54) is 0 Å². The van der Waals surface area contributed by atoms with Crippen LogP contribution in [0.2, 0.25) is 0 Å². The van der Waals surface area contributed by atoms with Crippen LogP contribution in [0.25, 0.3) is 0 Å². The molecule has 0 atom stereocenters. The lowest BCUT2D eigenvalue weighted by Crippen LogP contribution is -1.88.